The van der Waals surface area contributed by atoms with Gasteiger partial charge in [-0.1, -0.05) is 68.8 Å². The average molecular weight is 524 g/mol. The van der Waals surface area contributed by atoms with Crippen LogP contribution in [0, 0.1) is 26.7 Å². The Labute approximate surface area is 228 Å². The standard InChI is InChI=1S/C31H45N3O4/c1-10-17-34(29(36)25(18-20(2)3)32-30(37)38-31(7,8)9)27(24-16-11-13-21(4)19-24)28(35)33-26-22(5)14-12-15-23(26)6/h11-16,19-20,25,27H,10,17-18H2,1-9H3,(H,32,37)(H,33,35). The van der Waals surface area contributed by atoms with Gasteiger partial charge in [-0.05, 0) is 77.0 Å². The number of anilines is 1. The van der Waals surface area contributed by atoms with Crippen molar-refractivity contribution in [1.82, 2.24) is 10.2 Å². The zero-order chi connectivity index (χ0) is 28.6. The van der Waals surface area contributed by atoms with E-state index in [4.69, 9.17) is 4.74 Å². The van der Waals surface area contributed by atoms with Gasteiger partial charge in [0.25, 0.3) is 5.91 Å². The first-order valence-corrected chi connectivity index (χ1v) is 13.5. The van der Waals surface area contributed by atoms with Crippen molar-refractivity contribution < 1.29 is 19.1 Å². The van der Waals surface area contributed by atoms with Crippen LogP contribution in [0.15, 0.2) is 42.5 Å². The van der Waals surface area contributed by atoms with Crippen molar-refractivity contribution in [1.29, 1.82) is 0 Å². The van der Waals surface area contributed by atoms with E-state index in [9.17, 15) is 14.4 Å². The molecule has 2 atom stereocenters. The van der Waals surface area contributed by atoms with Gasteiger partial charge in [0.15, 0.2) is 0 Å². The van der Waals surface area contributed by atoms with Crippen molar-refractivity contribution in [3.63, 3.8) is 0 Å². The van der Waals surface area contributed by atoms with Gasteiger partial charge in [-0.2, -0.15) is 0 Å². The van der Waals surface area contributed by atoms with Gasteiger partial charge in [-0.25, -0.2) is 4.79 Å². The lowest BCUT2D eigenvalue weighted by Gasteiger charge is -2.35. The zero-order valence-electron chi connectivity index (χ0n) is 24.5. The summed E-state index contributed by atoms with van der Waals surface area (Å²) in [7, 11) is 0. The molecular formula is C31H45N3O4. The Bertz CT molecular complexity index is 1100. The van der Waals surface area contributed by atoms with Gasteiger partial charge in [0.2, 0.25) is 5.91 Å². The number of carbonyl (C=O) groups excluding carboxylic acids is 3. The van der Waals surface area contributed by atoms with Crippen LogP contribution in [0.2, 0.25) is 0 Å². The number of ether oxygens (including phenoxy) is 1. The van der Waals surface area contributed by atoms with Gasteiger partial charge in [0.05, 0.1) is 0 Å². The quantitative estimate of drug-likeness (QED) is 0.374. The number of hydrogen-bond acceptors (Lipinski definition) is 4. The molecule has 0 spiro atoms. The number of aryl methyl sites for hydroxylation is 3. The molecule has 2 aromatic carbocycles. The molecule has 0 aliphatic carbocycles. The Hall–Kier alpha value is -3.35. The number of benzene rings is 2. The molecule has 38 heavy (non-hydrogen) atoms. The van der Waals surface area contributed by atoms with E-state index in [0.29, 0.717) is 19.4 Å². The molecule has 2 N–H and O–H groups in total. The molecule has 3 amide bonds. The topological polar surface area (TPSA) is 87.7 Å². The highest BCUT2D eigenvalue weighted by atomic mass is 16.6. The third-order valence-electron chi connectivity index (χ3n) is 6.09. The Morgan fingerprint density at radius 1 is 0.974 bits per heavy atom. The van der Waals surface area contributed by atoms with E-state index in [1.807, 2.05) is 84.0 Å². The largest absolute Gasteiger partial charge is 0.444 e. The molecule has 2 unspecified atom stereocenters. The van der Waals surface area contributed by atoms with E-state index in [2.05, 4.69) is 10.6 Å². The number of para-hydroxylation sites is 1. The van der Waals surface area contributed by atoms with Crippen molar-refractivity contribution in [2.45, 2.75) is 92.8 Å². The summed E-state index contributed by atoms with van der Waals surface area (Å²) in [6.45, 7) is 17.5. The number of alkyl carbamates (subject to hydrolysis) is 1. The van der Waals surface area contributed by atoms with Crippen molar-refractivity contribution in [2.75, 3.05) is 11.9 Å². The summed E-state index contributed by atoms with van der Waals surface area (Å²) in [5, 5.41) is 5.88. The number of amides is 3. The van der Waals surface area contributed by atoms with Crippen LogP contribution < -0.4 is 10.6 Å². The van der Waals surface area contributed by atoms with Gasteiger partial charge >= 0.3 is 6.09 Å². The zero-order valence-corrected chi connectivity index (χ0v) is 24.5. The van der Waals surface area contributed by atoms with Gasteiger partial charge in [-0.3, -0.25) is 9.59 Å². The second-order valence-corrected chi connectivity index (χ2v) is 11.4. The molecular weight excluding hydrogens is 478 g/mol. The summed E-state index contributed by atoms with van der Waals surface area (Å²) in [5.41, 5.74) is 3.63. The SMILES string of the molecule is CCCN(C(=O)C(CC(C)C)NC(=O)OC(C)(C)C)C(C(=O)Nc1c(C)cccc1C)c1cccc(C)c1. The van der Waals surface area contributed by atoms with Gasteiger partial charge < -0.3 is 20.3 Å². The summed E-state index contributed by atoms with van der Waals surface area (Å²) in [5.74, 6) is -0.479. The molecule has 2 aromatic rings. The molecule has 0 saturated carbocycles. The van der Waals surface area contributed by atoms with Crippen molar-refractivity contribution in [3.8, 4) is 0 Å². The van der Waals surface area contributed by atoms with Crippen LogP contribution in [0.5, 0.6) is 0 Å². The average Bonchev–Trinajstić information content (AvgIpc) is 2.79. The van der Waals surface area contributed by atoms with Crippen LogP contribution in [0.3, 0.4) is 0 Å². The number of nitrogens with zero attached hydrogens (tertiary/aromatic N) is 1. The Kier molecular flexibility index (Phi) is 10.9. The predicted octanol–water partition coefficient (Wildman–Crippen LogP) is 6.47. The molecule has 0 fully saturated rings. The maximum Gasteiger partial charge on any atom is 0.408 e. The molecule has 0 aliphatic heterocycles. The summed E-state index contributed by atoms with van der Waals surface area (Å²) >= 11 is 0. The van der Waals surface area contributed by atoms with Gasteiger partial charge in [0, 0.05) is 12.2 Å². The van der Waals surface area contributed by atoms with E-state index >= 15 is 0 Å². The van der Waals surface area contributed by atoms with E-state index in [1.54, 1.807) is 25.7 Å². The van der Waals surface area contributed by atoms with E-state index in [1.165, 1.54) is 0 Å². The summed E-state index contributed by atoms with van der Waals surface area (Å²) < 4.78 is 5.45. The minimum atomic E-state index is -0.878. The van der Waals surface area contributed by atoms with Crippen LogP contribution >= 0.6 is 0 Å². The lowest BCUT2D eigenvalue weighted by molar-refractivity contribution is -0.141. The second-order valence-electron chi connectivity index (χ2n) is 11.4. The van der Waals surface area contributed by atoms with Crippen LogP contribution in [0.1, 0.15) is 82.7 Å². The Morgan fingerprint density at radius 3 is 2.11 bits per heavy atom. The first-order chi connectivity index (χ1) is 17.7. The fourth-order valence-corrected chi connectivity index (χ4v) is 4.47. The van der Waals surface area contributed by atoms with E-state index in [-0.39, 0.29) is 17.7 Å². The molecule has 208 valence electrons. The summed E-state index contributed by atoms with van der Waals surface area (Å²) in [4.78, 5) is 42.4. The molecule has 0 aromatic heterocycles. The monoisotopic (exact) mass is 523 g/mol. The Balaban J connectivity index is 2.54. The first-order valence-electron chi connectivity index (χ1n) is 13.5. The fraction of sp³-hybridized carbons (Fsp3) is 0.516. The minimum absolute atomic E-state index is 0.128. The number of nitrogens with one attached hydrogen (secondary N) is 2. The molecule has 0 bridgehead atoms. The number of hydrogen-bond donors (Lipinski definition) is 2. The smallest absolute Gasteiger partial charge is 0.408 e. The Morgan fingerprint density at radius 2 is 1.58 bits per heavy atom. The predicted molar refractivity (Wildman–Crippen MR) is 153 cm³/mol. The molecule has 0 saturated heterocycles. The van der Waals surface area contributed by atoms with Crippen LogP contribution in [-0.4, -0.2) is 41.0 Å². The lowest BCUT2D eigenvalue weighted by Crippen LogP contribution is -2.53. The molecule has 0 radical (unpaired) electrons. The van der Waals surface area contributed by atoms with Crippen molar-refractivity contribution in [2.24, 2.45) is 5.92 Å². The molecule has 7 heteroatoms. The third kappa shape index (κ3) is 8.89. The highest BCUT2D eigenvalue weighted by Gasteiger charge is 2.36. The summed E-state index contributed by atoms with van der Waals surface area (Å²) in [6.07, 6.45) is 0.406. The van der Waals surface area contributed by atoms with E-state index in [0.717, 1.165) is 27.9 Å². The third-order valence-corrected chi connectivity index (χ3v) is 6.09. The highest BCUT2D eigenvalue weighted by Crippen LogP contribution is 2.28. The lowest BCUT2D eigenvalue weighted by atomic mass is 9.97. The number of carbonyl (C=O) groups is 3. The second kappa shape index (κ2) is 13.4. The maximum atomic E-state index is 14.1. The minimum Gasteiger partial charge on any atom is -0.444 e. The van der Waals surface area contributed by atoms with Crippen molar-refractivity contribution >= 4 is 23.6 Å². The van der Waals surface area contributed by atoms with Crippen LogP contribution in [0.25, 0.3) is 0 Å². The van der Waals surface area contributed by atoms with Gasteiger partial charge in [-0.15, -0.1) is 0 Å². The van der Waals surface area contributed by atoms with E-state index < -0.39 is 23.8 Å². The van der Waals surface area contributed by atoms with Crippen LogP contribution in [-0.2, 0) is 14.3 Å². The van der Waals surface area contributed by atoms with Crippen LogP contribution in [0.4, 0.5) is 10.5 Å². The van der Waals surface area contributed by atoms with Gasteiger partial charge in [0.1, 0.15) is 17.7 Å². The molecule has 0 heterocycles. The molecule has 0 aliphatic rings. The normalized spacial score (nSPS) is 13.0. The maximum absolute atomic E-state index is 14.1. The molecule has 2 rings (SSSR count). The molecule has 7 nitrogen and oxygen atoms in total. The number of rotatable bonds is 10. The first kappa shape index (κ1) is 30.9. The van der Waals surface area contributed by atoms with Crippen molar-refractivity contribution in [3.05, 3.63) is 64.7 Å². The summed E-state index contributed by atoms with van der Waals surface area (Å²) in [6, 6.07) is 11.8. The fourth-order valence-electron chi connectivity index (χ4n) is 4.47. The highest BCUT2D eigenvalue weighted by molar-refractivity contribution is 5.99.